The molecule has 0 aliphatic heterocycles. The third-order valence-electron chi connectivity index (χ3n) is 0.949. The van der Waals surface area contributed by atoms with Crippen LogP contribution in [0.2, 0.25) is 0 Å². The molecule has 0 amide bonds. The van der Waals surface area contributed by atoms with E-state index in [2.05, 4.69) is 22.0 Å². The van der Waals surface area contributed by atoms with Crippen LogP contribution in [-0.2, 0) is 6.42 Å². The fourth-order valence-corrected chi connectivity index (χ4v) is 0.474. The fraction of sp³-hybridized carbons (Fsp3) is 0.400. The molecule has 0 spiro atoms. The number of tetrazole rings is 1. The van der Waals surface area contributed by atoms with Crippen LogP contribution in [0.1, 0.15) is 12.7 Å². The second-order valence-electron chi connectivity index (χ2n) is 1.56. The van der Waals surface area contributed by atoms with Gasteiger partial charge < -0.3 is 0 Å². The van der Waals surface area contributed by atoms with Gasteiger partial charge in [0, 0.05) is 12.6 Å². The smallest absolute Gasteiger partial charge is 0.139 e. The van der Waals surface area contributed by atoms with E-state index in [9.17, 15) is 0 Å². The maximum atomic E-state index is 3.92. The Bertz CT molecular complexity index is 202. The quantitative estimate of drug-likeness (QED) is 0.570. The standard InChI is InChI=1S/C5H8N4/c1-3-5-6-8-9(4-2)7-5/h4H,2-3H2,1H3. The molecule has 1 aromatic heterocycles. The first-order valence-corrected chi connectivity index (χ1v) is 2.77. The first kappa shape index (κ1) is 5.94. The van der Waals surface area contributed by atoms with Crippen LogP contribution in [0.25, 0.3) is 6.20 Å². The van der Waals surface area contributed by atoms with E-state index in [0.717, 1.165) is 12.2 Å². The topological polar surface area (TPSA) is 43.6 Å². The maximum absolute atomic E-state index is 3.92. The van der Waals surface area contributed by atoms with Crippen LogP contribution in [0.4, 0.5) is 0 Å². The SMILES string of the molecule is C=Cn1nnc(CC)n1. The van der Waals surface area contributed by atoms with Crippen LogP contribution in [0.15, 0.2) is 6.58 Å². The molecule has 1 heterocycles. The van der Waals surface area contributed by atoms with E-state index in [1.54, 1.807) is 0 Å². The predicted octanol–water partition coefficient (Wildman–Crippen LogP) is 0.336. The molecule has 48 valence electrons. The highest BCUT2D eigenvalue weighted by molar-refractivity contribution is 5.07. The second-order valence-corrected chi connectivity index (χ2v) is 1.56. The molecule has 0 radical (unpaired) electrons. The van der Waals surface area contributed by atoms with Gasteiger partial charge in [-0.1, -0.05) is 13.5 Å². The van der Waals surface area contributed by atoms with Crippen molar-refractivity contribution in [2.75, 3.05) is 0 Å². The van der Waals surface area contributed by atoms with Crippen LogP contribution in [0.5, 0.6) is 0 Å². The highest BCUT2D eigenvalue weighted by atomic mass is 15.6. The Balaban J connectivity index is 2.86. The van der Waals surface area contributed by atoms with Crippen molar-refractivity contribution in [2.45, 2.75) is 13.3 Å². The number of hydrogen-bond acceptors (Lipinski definition) is 3. The van der Waals surface area contributed by atoms with Gasteiger partial charge in [0.1, 0.15) is 0 Å². The van der Waals surface area contributed by atoms with Crippen LogP contribution in [-0.4, -0.2) is 20.2 Å². The third-order valence-corrected chi connectivity index (χ3v) is 0.949. The fourth-order valence-electron chi connectivity index (χ4n) is 0.474. The summed E-state index contributed by atoms with van der Waals surface area (Å²) in [6.45, 7) is 5.45. The Kier molecular flexibility index (Phi) is 1.58. The van der Waals surface area contributed by atoms with Gasteiger partial charge in [-0.3, -0.25) is 0 Å². The van der Waals surface area contributed by atoms with E-state index in [4.69, 9.17) is 0 Å². The lowest BCUT2D eigenvalue weighted by atomic mass is 10.5. The Morgan fingerprint density at radius 2 is 2.56 bits per heavy atom. The molecule has 1 rings (SSSR count). The van der Waals surface area contributed by atoms with E-state index in [1.807, 2.05) is 6.92 Å². The van der Waals surface area contributed by atoms with Crippen molar-refractivity contribution in [1.82, 2.24) is 20.2 Å². The first-order valence-electron chi connectivity index (χ1n) is 2.77. The molecule has 0 fully saturated rings. The number of nitrogens with zero attached hydrogens (tertiary/aromatic N) is 4. The molecule has 1 aromatic rings. The van der Waals surface area contributed by atoms with Crippen LogP contribution in [0.3, 0.4) is 0 Å². The van der Waals surface area contributed by atoms with Gasteiger partial charge in [-0.15, -0.1) is 15.0 Å². The molecule has 9 heavy (non-hydrogen) atoms. The summed E-state index contributed by atoms with van der Waals surface area (Å²) in [5, 5.41) is 11.3. The highest BCUT2D eigenvalue weighted by Gasteiger charge is 1.93. The lowest BCUT2D eigenvalue weighted by Crippen LogP contribution is -1.90. The summed E-state index contributed by atoms with van der Waals surface area (Å²) in [5.41, 5.74) is 0. The van der Waals surface area contributed by atoms with E-state index >= 15 is 0 Å². The summed E-state index contributed by atoms with van der Waals surface area (Å²) >= 11 is 0. The predicted molar refractivity (Wildman–Crippen MR) is 33.6 cm³/mol. The van der Waals surface area contributed by atoms with Crippen molar-refractivity contribution in [3.05, 3.63) is 12.4 Å². The number of aromatic nitrogens is 4. The molecule has 0 saturated heterocycles. The summed E-state index contributed by atoms with van der Waals surface area (Å²) in [4.78, 5) is 1.35. The molecule has 0 bridgehead atoms. The van der Waals surface area contributed by atoms with Gasteiger partial charge in [-0.2, -0.15) is 0 Å². The van der Waals surface area contributed by atoms with Crippen molar-refractivity contribution in [1.29, 1.82) is 0 Å². The monoisotopic (exact) mass is 124 g/mol. The average molecular weight is 124 g/mol. The van der Waals surface area contributed by atoms with Crippen molar-refractivity contribution in [2.24, 2.45) is 0 Å². The summed E-state index contributed by atoms with van der Waals surface area (Å²) in [6, 6.07) is 0. The molecule has 4 nitrogen and oxygen atoms in total. The lowest BCUT2D eigenvalue weighted by Gasteiger charge is -1.79. The summed E-state index contributed by atoms with van der Waals surface area (Å²) in [6.07, 6.45) is 2.32. The second kappa shape index (κ2) is 2.39. The van der Waals surface area contributed by atoms with Gasteiger partial charge in [0.05, 0.1) is 0 Å². The van der Waals surface area contributed by atoms with Crippen molar-refractivity contribution in [3.63, 3.8) is 0 Å². The van der Waals surface area contributed by atoms with Crippen LogP contribution < -0.4 is 0 Å². The van der Waals surface area contributed by atoms with E-state index in [0.29, 0.717) is 0 Å². The van der Waals surface area contributed by atoms with Crippen LogP contribution in [0, 0.1) is 0 Å². The lowest BCUT2D eigenvalue weighted by molar-refractivity contribution is 0.758. The largest absolute Gasteiger partial charge is 0.174 e. The third kappa shape index (κ3) is 1.13. The molecular weight excluding hydrogens is 116 g/mol. The Morgan fingerprint density at radius 1 is 1.78 bits per heavy atom. The van der Waals surface area contributed by atoms with Gasteiger partial charge >= 0.3 is 0 Å². The summed E-state index contributed by atoms with van der Waals surface area (Å²) in [7, 11) is 0. The van der Waals surface area contributed by atoms with E-state index in [1.165, 1.54) is 11.0 Å². The first-order chi connectivity index (χ1) is 4.36. The molecule has 0 saturated carbocycles. The number of aryl methyl sites for hydroxylation is 1. The summed E-state index contributed by atoms with van der Waals surface area (Å²) < 4.78 is 0. The highest BCUT2D eigenvalue weighted by Crippen LogP contribution is 1.85. The summed E-state index contributed by atoms with van der Waals surface area (Å²) in [5.74, 6) is 0.745. The Labute approximate surface area is 53.2 Å². The molecule has 0 unspecified atom stereocenters. The van der Waals surface area contributed by atoms with Gasteiger partial charge in [0.2, 0.25) is 0 Å². The van der Waals surface area contributed by atoms with Crippen molar-refractivity contribution >= 4 is 6.20 Å². The molecule has 0 atom stereocenters. The molecule has 0 aromatic carbocycles. The zero-order chi connectivity index (χ0) is 6.69. The maximum Gasteiger partial charge on any atom is 0.174 e. The van der Waals surface area contributed by atoms with Crippen molar-refractivity contribution < 1.29 is 0 Å². The minimum Gasteiger partial charge on any atom is -0.139 e. The van der Waals surface area contributed by atoms with E-state index < -0.39 is 0 Å². The Morgan fingerprint density at radius 3 is 2.89 bits per heavy atom. The molecule has 0 N–H and O–H groups in total. The Hall–Kier alpha value is -1.19. The minimum absolute atomic E-state index is 0.745. The molecular formula is C5H8N4. The van der Waals surface area contributed by atoms with Gasteiger partial charge in [-0.25, -0.2) is 0 Å². The normalized spacial score (nSPS) is 9.44. The van der Waals surface area contributed by atoms with Gasteiger partial charge in [-0.05, 0) is 5.21 Å². The number of hydrogen-bond donors (Lipinski definition) is 0. The van der Waals surface area contributed by atoms with Crippen LogP contribution >= 0.6 is 0 Å². The van der Waals surface area contributed by atoms with Crippen molar-refractivity contribution in [3.8, 4) is 0 Å². The average Bonchev–Trinajstić information content (AvgIpc) is 2.34. The number of rotatable bonds is 2. The van der Waals surface area contributed by atoms with Gasteiger partial charge in [0.15, 0.2) is 5.82 Å². The molecule has 0 aliphatic rings. The molecule has 0 aliphatic carbocycles. The molecule has 4 heteroatoms. The van der Waals surface area contributed by atoms with E-state index in [-0.39, 0.29) is 0 Å². The zero-order valence-corrected chi connectivity index (χ0v) is 5.28. The van der Waals surface area contributed by atoms with Gasteiger partial charge in [0.25, 0.3) is 0 Å². The minimum atomic E-state index is 0.745. The zero-order valence-electron chi connectivity index (χ0n) is 5.28.